The van der Waals surface area contributed by atoms with Gasteiger partial charge in [-0.3, -0.25) is 4.79 Å². The molecule has 0 aliphatic heterocycles. The fourth-order valence-electron chi connectivity index (χ4n) is 2.21. The Balaban J connectivity index is 2.59. The van der Waals surface area contributed by atoms with Crippen molar-refractivity contribution in [2.75, 3.05) is 13.7 Å². The first-order valence-electron chi connectivity index (χ1n) is 7.27. The van der Waals surface area contributed by atoms with E-state index in [9.17, 15) is 4.79 Å². The summed E-state index contributed by atoms with van der Waals surface area (Å²) in [5, 5.41) is 6.34. The summed E-state index contributed by atoms with van der Waals surface area (Å²) in [4.78, 5) is 12.0. The summed E-state index contributed by atoms with van der Waals surface area (Å²) in [6, 6.07) is 8.11. The van der Waals surface area contributed by atoms with Crippen LogP contribution in [0, 0.1) is 0 Å². The minimum absolute atomic E-state index is 0.0576. The molecule has 1 aromatic carbocycles. The molecule has 0 saturated heterocycles. The first kappa shape index (κ1) is 16.5. The van der Waals surface area contributed by atoms with Gasteiger partial charge in [0.1, 0.15) is 5.75 Å². The number of ether oxygens (including phenoxy) is 1. The number of amides is 1. The highest BCUT2D eigenvalue weighted by Crippen LogP contribution is 2.20. The summed E-state index contributed by atoms with van der Waals surface area (Å²) in [5.74, 6) is 0.914. The molecule has 112 valence electrons. The monoisotopic (exact) mass is 278 g/mol. The molecule has 0 aliphatic carbocycles. The van der Waals surface area contributed by atoms with E-state index in [1.54, 1.807) is 7.11 Å². The van der Waals surface area contributed by atoms with Crippen LogP contribution >= 0.6 is 0 Å². The van der Waals surface area contributed by atoms with Gasteiger partial charge in [0.15, 0.2) is 0 Å². The highest BCUT2D eigenvalue weighted by atomic mass is 16.5. The van der Waals surface area contributed by atoms with Crippen molar-refractivity contribution in [1.82, 2.24) is 10.6 Å². The lowest BCUT2D eigenvalue weighted by Gasteiger charge is -2.19. The molecule has 0 aliphatic rings. The molecule has 2 N–H and O–H groups in total. The zero-order chi connectivity index (χ0) is 15.0. The topological polar surface area (TPSA) is 50.4 Å². The maximum Gasteiger partial charge on any atom is 0.222 e. The third-order valence-corrected chi connectivity index (χ3v) is 3.31. The second-order valence-electron chi connectivity index (χ2n) is 4.96. The van der Waals surface area contributed by atoms with E-state index in [4.69, 9.17) is 4.74 Å². The molecule has 20 heavy (non-hydrogen) atoms. The third-order valence-electron chi connectivity index (χ3n) is 3.31. The van der Waals surface area contributed by atoms with Crippen molar-refractivity contribution in [2.24, 2.45) is 0 Å². The minimum atomic E-state index is 0.0576. The minimum Gasteiger partial charge on any atom is -0.497 e. The smallest absolute Gasteiger partial charge is 0.222 e. The number of hydrogen-bond acceptors (Lipinski definition) is 3. The fourth-order valence-corrected chi connectivity index (χ4v) is 2.21. The maximum atomic E-state index is 12.0. The Labute approximate surface area is 121 Å². The Morgan fingerprint density at radius 2 is 1.90 bits per heavy atom. The van der Waals surface area contributed by atoms with Crippen LogP contribution in [0.15, 0.2) is 24.3 Å². The number of nitrogens with one attached hydrogen (secondary N) is 2. The molecule has 2 unspecified atom stereocenters. The molecule has 1 aromatic rings. The maximum absolute atomic E-state index is 12.0. The Hall–Kier alpha value is -1.55. The predicted molar refractivity (Wildman–Crippen MR) is 81.9 cm³/mol. The van der Waals surface area contributed by atoms with E-state index >= 15 is 0 Å². The number of rotatable bonds is 8. The molecule has 0 aromatic heterocycles. The summed E-state index contributed by atoms with van der Waals surface area (Å²) in [6.45, 7) is 7.02. The van der Waals surface area contributed by atoms with Crippen LogP contribution in [0.5, 0.6) is 5.75 Å². The highest BCUT2D eigenvalue weighted by Gasteiger charge is 2.14. The van der Waals surface area contributed by atoms with E-state index in [1.807, 2.05) is 38.1 Å². The van der Waals surface area contributed by atoms with Gasteiger partial charge in [-0.1, -0.05) is 26.0 Å². The summed E-state index contributed by atoms with van der Waals surface area (Å²) >= 11 is 0. The molecule has 1 rings (SSSR count). The largest absolute Gasteiger partial charge is 0.497 e. The molecule has 0 fully saturated rings. The van der Waals surface area contributed by atoms with Crippen molar-refractivity contribution >= 4 is 5.91 Å². The summed E-state index contributed by atoms with van der Waals surface area (Å²) < 4.78 is 5.15. The van der Waals surface area contributed by atoms with Crippen molar-refractivity contribution in [2.45, 2.75) is 45.7 Å². The van der Waals surface area contributed by atoms with Crippen LogP contribution in [0.2, 0.25) is 0 Å². The second-order valence-corrected chi connectivity index (χ2v) is 4.96. The van der Waals surface area contributed by atoms with Crippen LogP contribution < -0.4 is 15.4 Å². The lowest BCUT2D eigenvalue weighted by Crippen LogP contribution is -2.35. The molecule has 2 atom stereocenters. The molecular formula is C16H26N2O2. The van der Waals surface area contributed by atoms with Crippen molar-refractivity contribution in [1.29, 1.82) is 0 Å². The number of benzene rings is 1. The Kier molecular flexibility index (Phi) is 7.09. The average Bonchev–Trinajstić information content (AvgIpc) is 2.45. The quantitative estimate of drug-likeness (QED) is 0.768. The van der Waals surface area contributed by atoms with Gasteiger partial charge in [0.05, 0.1) is 13.2 Å². The van der Waals surface area contributed by atoms with Gasteiger partial charge in [-0.05, 0) is 37.6 Å². The number of hydrogen-bond donors (Lipinski definition) is 2. The summed E-state index contributed by atoms with van der Waals surface area (Å²) in [5.41, 5.74) is 1.11. The van der Waals surface area contributed by atoms with Gasteiger partial charge in [-0.2, -0.15) is 0 Å². The molecule has 0 heterocycles. The number of carbonyl (C=O) groups excluding carboxylic acids is 1. The molecular weight excluding hydrogens is 252 g/mol. The summed E-state index contributed by atoms with van der Waals surface area (Å²) in [6.07, 6.45) is 1.37. The first-order valence-corrected chi connectivity index (χ1v) is 7.27. The Morgan fingerprint density at radius 3 is 2.40 bits per heavy atom. The third kappa shape index (κ3) is 5.21. The molecule has 4 heteroatoms. The van der Waals surface area contributed by atoms with Gasteiger partial charge in [0, 0.05) is 12.5 Å². The van der Waals surface area contributed by atoms with Gasteiger partial charge < -0.3 is 15.4 Å². The lowest BCUT2D eigenvalue weighted by molar-refractivity contribution is -0.122. The van der Waals surface area contributed by atoms with Gasteiger partial charge in [0.2, 0.25) is 5.91 Å². The molecule has 0 bridgehead atoms. The van der Waals surface area contributed by atoms with Crippen molar-refractivity contribution < 1.29 is 9.53 Å². The van der Waals surface area contributed by atoms with Gasteiger partial charge in [-0.15, -0.1) is 0 Å². The molecule has 0 radical (unpaired) electrons. The second kappa shape index (κ2) is 8.59. The average molecular weight is 278 g/mol. The SMILES string of the molecule is CCNC(C)CC(=O)NC(CC)c1ccc(OC)cc1. The van der Waals surface area contributed by atoms with E-state index < -0.39 is 0 Å². The van der Waals surface area contributed by atoms with Gasteiger partial charge in [0.25, 0.3) is 0 Å². The van der Waals surface area contributed by atoms with Crippen LogP contribution in [0.3, 0.4) is 0 Å². The lowest BCUT2D eigenvalue weighted by atomic mass is 10.0. The van der Waals surface area contributed by atoms with E-state index in [0.29, 0.717) is 6.42 Å². The van der Waals surface area contributed by atoms with E-state index in [1.165, 1.54) is 0 Å². The van der Waals surface area contributed by atoms with Crippen LogP contribution in [-0.2, 0) is 4.79 Å². The standard InChI is InChI=1S/C16H26N2O2/c1-5-15(13-7-9-14(20-4)10-8-13)18-16(19)11-12(3)17-6-2/h7-10,12,15,17H,5-6,11H2,1-4H3,(H,18,19). The Morgan fingerprint density at radius 1 is 1.25 bits per heavy atom. The first-order chi connectivity index (χ1) is 9.60. The van der Waals surface area contributed by atoms with Crippen molar-refractivity contribution in [3.05, 3.63) is 29.8 Å². The van der Waals surface area contributed by atoms with E-state index in [2.05, 4.69) is 17.6 Å². The van der Waals surface area contributed by atoms with E-state index in [-0.39, 0.29) is 18.0 Å². The fraction of sp³-hybridized carbons (Fsp3) is 0.562. The zero-order valence-electron chi connectivity index (χ0n) is 12.9. The van der Waals surface area contributed by atoms with Crippen LogP contribution in [0.25, 0.3) is 0 Å². The van der Waals surface area contributed by atoms with Crippen LogP contribution in [-0.4, -0.2) is 25.6 Å². The highest BCUT2D eigenvalue weighted by molar-refractivity contribution is 5.77. The van der Waals surface area contributed by atoms with Crippen molar-refractivity contribution in [3.63, 3.8) is 0 Å². The van der Waals surface area contributed by atoms with Crippen molar-refractivity contribution in [3.8, 4) is 5.75 Å². The Bertz CT molecular complexity index is 403. The van der Waals surface area contributed by atoms with Gasteiger partial charge in [-0.25, -0.2) is 0 Å². The van der Waals surface area contributed by atoms with E-state index in [0.717, 1.165) is 24.3 Å². The molecule has 4 nitrogen and oxygen atoms in total. The number of methoxy groups -OCH3 is 1. The van der Waals surface area contributed by atoms with Crippen LogP contribution in [0.1, 0.15) is 45.2 Å². The van der Waals surface area contributed by atoms with Gasteiger partial charge >= 0.3 is 0 Å². The zero-order valence-corrected chi connectivity index (χ0v) is 12.9. The predicted octanol–water partition coefficient (Wildman–Crippen LogP) is 2.65. The molecule has 0 saturated carbocycles. The normalized spacial score (nSPS) is 13.6. The van der Waals surface area contributed by atoms with Crippen LogP contribution in [0.4, 0.5) is 0 Å². The molecule has 0 spiro atoms. The summed E-state index contributed by atoms with van der Waals surface area (Å²) in [7, 11) is 1.65. The number of carbonyl (C=O) groups is 1. The molecule has 1 amide bonds.